The van der Waals surface area contributed by atoms with E-state index >= 15 is 0 Å². The van der Waals surface area contributed by atoms with Crippen LogP contribution in [0.5, 0.6) is 11.5 Å². The first-order chi connectivity index (χ1) is 16.0. The Kier molecular flexibility index (Phi) is 6.40. The molecule has 0 aliphatic carbocycles. The van der Waals surface area contributed by atoms with E-state index < -0.39 is 17.6 Å². The Hall–Kier alpha value is -4.13. The number of benzene rings is 3. The molecule has 33 heavy (non-hydrogen) atoms. The molecule has 0 saturated carbocycles. The van der Waals surface area contributed by atoms with Gasteiger partial charge in [-0.25, -0.2) is 4.39 Å². The number of anilines is 1. The van der Waals surface area contributed by atoms with Crippen LogP contribution in [0.1, 0.15) is 18.1 Å². The number of methoxy groups -OCH3 is 1. The highest BCUT2D eigenvalue weighted by atomic mass is 19.1. The first kappa shape index (κ1) is 22.1. The Balaban J connectivity index is 1.81. The lowest BCUT2D eigenvalue weighted by Gasteiger charge is -2.16. The van der Waals surface area contributed by atoms with E-state index in [-0.39, 0.29) is 23.4 Å². The molecule has 0 radical (unpaired) electrons. The predicted octanol–water partition coefficient (Wildman–Crippen LogP) is 4.63. The minimum Gasteiger partial charge on any atom is -0.496 e. The Labute approximate surface area is 191 Å². The Morgan fingerprint density at radius 3 is 2.27 bits per heavy atom. The molecule has 4 rings (SSSR count). The number of carbonyl (C=O) groups excluding carboxylic acids is 2. The average Bonchev–Trinajstić information content (AvgIpc) is 3.06. The van der Waals surface area contributed by atoms with E-state index in [1.165, 1.54) is 13.2 Å². The lowest BCUT2D eigenvalue weighted by atomic mass is 10.0. The third-order valence-corrected chi connectivity index (χ3v) is 5.28. The van der Waals surface area contributed by atoms with Crippen LogP contribution >= 0.6 is 0 Å². The number of carbonyl (C=O) groups is 2. The summed E-state index contributed by atoms with van der Waals surface area (Å²) in [7, 11) is 1.50. The zero-order valence-corrected chi connectivity index (χ0v) is 18.3. The minimum atomic E-state index is -0.560. The third-order valence-electron chi connectivity index (χ3n) is 5.28. The molecule has 0 aromatic heterocycles. The molecule has 2 amide bonds. The molecule has 0 unspecified atom stereocenters. The first-order valence-electron chi connectivity index (χ1n) is 10.5. The minimum absolute atomic E-state index is 0.0768. The van der Waals surface area contributed by atoms with E-state index in [1.807, 2.05) is 13.0 Å². The van der Waals surface area contributed by atoms with Crippen LogP contribution < -0.4 is 14.8 Å². The van der Waals surface area contributed by atoms with Crippen LogP contribution in [0.4, 0.5) is 10.1 Å². The van der Waals surface area contributed by atoms with Gasteiger partial charge >= 0.3 is 0 Å². The number of hydrogen-bond acceptors (Lipinski definition) is 5. The topological polar surface area (TPSA) is 67.9 Å². The molecule has 1 N–H and O–H groups in total. The van der Waals surface area contributed by atoms with Gasteiger partial charge < -0.3 is 14.8 Å². The van der Waals surface area contributed by atoms with Crippen LogP contribution in [0.15, 0.2) is 78.5 Å². The van der Waals surface area contributed by atoms with E-state index in [1.54, 1.807) is 60.7 Å². The zero-order valence-electron chi connectivity index (χ0n) is 18.3. The van der Waals surface area contributed by atoms with E-state index in [0.717, 1.165) is 4.90 Å². The first-order valence-corrected chi connectivity index (χ1v) is 10.5. The molecular weight excluding hydrogens is 423 g/mol. The van der Waals surface area contributed by atoms with Gasteiger partial charge in [-0.2, -0.15) is 0 Å². The molecule has 3 aromatic rings. The number of halogens is 1. The third kappa shape index (κ3) is 4.30. The van der Waals surface area contributed by atoms with Gasteiger partial charge in [0.15, 0.2) is 0 Å². The molecule has 1 aliphatic heterocycles. The summed E-state index contributed by atoms with van der Waals surface area (Å²) in [4.78, 5) is 28.0. The lowest BCUT2D eigenvalue weighted by Crippen LogP contribution is -2.32. The van der Waals surface area contributed by atoms with Crippen molar-refractivity contribution >= 4 is 23.1 Å². The SMILES string of the molecule is CCOc1ccccc1NC1=C(c2ccccc2OC)C(=O)N(Cc2ccccc2F)C1=O. The predicted molar refractivity (Wildman–Crippen MR) is 123 cm³/mol. The summed E-state index contributed by atoms with van der Waals surface area (Å²) in [5, 5.41) is 3.10. The smallest absolute Gasteiger partial charge is 0.278 e. The number of hydrogen-bond donors (Lipinski definition) is 1. The Morgan fingerprint density at radius 2 is 1.55 bits per heavy atom. The lowest BCUT2D eigenvalue weighted by molar-refractivity contribution is -0.137. The van der Waals surface area contributed by atoms with Crippen molar-refractivity contribution < 1.29 is 23.5 Å². The maximum absolute atomic E-state index is 14.3. The highest BCUT2D eigenvalue weighted by molar-refractivity contribution is 6.37. The normalized spacial score (nSPS) is 13.5. The quantitative estimate of drug-likeness (QED) is 0.511. The van der Waals surface area contributed by atoms with Crippen LogP contribution in [0, 0.1) is 5.82 Å². The highest BCUT2D eigenvalue weighted by Crippen LogP contribution is 2.37. The molecule has 0 saturated heterocycles. The van der Waals surface area contributed by atoms with Crippen molar-refractivity contribution in [2.24, 2.45) is 0 Å². The molecule has 0 fully saturated rings. The van der Waals surface area contributed by atoms with Gasteiger partial charge in [0.2, 0.25) is 0 Å². The van der Waals surface area contributed by atoms with Gasteiger partial charge in [-0.05, 0) is 31.2 Å². The van der Waals surface area contributed by atoms with E-state index in [0.29, 0.717) is 29.4 Å². The molecule has 0 atom stereocenters. The van der Waals surface area contributed by atoms with Crippen molar-refractivity contribution in [2.45, 2.75) is 13.5 Å². The Bertz CT molecular complexity index is 1240. The van der Waals surface area contributed by atoms with Crippen LogP contribution in [0.2, 0.25) is 0 Å². The molecule has 0 spiro atoms. The van der Waals surface area contributed by atoms with Gasteiger partial charge in [0.1, 0.15) is 23.0 Å². The van der Waals surface area contributed by atoms with Gasteiger partial charge in [-0.1, -0.05) is 48.5 Å². The van der Waals surface area contributed by atoms with Gasteiger partial charge in [0.05, 0.1) is 31.5 Å². The fraction of sp³-hybridized carbons (Fsp3) is 0.154. The summed E-state index contributed by atoms with van der Waals surface area (Å²) in [6, 6.07) is 20.2. The summed E-state index contributed by atoms with van der Waals surface area (Å²) in [6.07, 6.45) is 0. The van der Waals surface area contributed by atoms with Crippen molar-refractivity contribution in [1.82, 2.24) is 4.90 Å². The highest BCUT2D eigenvalue weighted by Gasteiger charge is 2.40. The van der Waals surface area contributed by atoms with Crippen molar-refractivity contribution in [2.75, 3.05) is 19.0 Å². The molecular formula is C26H23FN2O4. The maximum atomic E-state index is 14.3. The molecule has 3 aromatic carbocycles. The number of nitrogens with zero attached hydrogens (tertiary/aromatic N) is 1. The van der Waals surface area contributed by atoms with Gasteiger partial charge in [-0.15, -0.1) is 0 Å². The number of para-hydroxylation sites is 3. The summed E-state index contributed by atoms with van der Waals surface area (Å²) >= 11 is 0. The van der Waals surface area contributed by atoms with Crippen molar-refractivity contribution in [3.63, 3.8) is 0 Å². The van der Waals surface area contributed by atoms with Gasteiger partial charge in [-0.3, -0.25) is 14.5 Å². The molecule has 6 nitrogen and oxygen atoms in total. The summed E-state index contributed by atoms with van der Waals surface area (Å²) in [6.45, 7) is 2.10. The summed E-state index contributed by atoms with van der Waals surface area (Å²) in [5.41, 5.74) is 1.48. The second-order valence-electron chi connectivity index (χ2n) is 7.29. The molecule has 168 valence electrons. The largest absolute Gasteiger partial charge is 0.496 e. The second kappa shape index (κ2) is 9.56. The van der Waals surface area contributed by atoms with Crippen molar-refractivity contribution in [1.29, 1.82) is 0 Å². The molecule has 1 heterocycles. The van der Waals surface area contributed by atoms with E-state index in [9.17, 15) is 14.0 Å². The fourth-order valence-corrected chi connectivity index (χ4v) is 3.72. The fourth-order valence-electron chi connectivity index (χ4n) is 3.72. The summed E-state index contributed by atoms with van der Waals surface area (Å²) < 4.78 is 25.4. The molecule has 7 heteroatoms. The maximum Gasteiger partial charge on any atom is 0.278 e. The number of ether oxygens (including phenoxy) is 2. The van der Waals surface area contributed by atoms with E-state index in [2.05, 4.69) is 5.32 Å². The van der Waals surface area contributed by atoms with Crippen LogP contribution in [0.25, 0.3) is 5.57 Å². The van der Waals surface area contributed by atoms with Gasteiger partial charge in [0, 0.05) is 11.1 Å². The monoisotopic (exact) mass is 446 g/mol. The molecule has 1 aliphatic rings. The van der Waals surface area contributed by atoms with Crippen molar-refractivity contribution in [3.05, 3.63) is 95.4 Å². The second-order valence-corrected chi connectivity index (χ2v) is 7.29. The average molecular weight is 446 g/mol. The van der Waals surface area contributed by atoms with E-state index in [4.69, 9.17) is 9.47 Å². The van der Waals surface area contributed by atoms with Crippen LogP contribution in [0.3, 0.4) is 0 Å². The van der Waals surface area contributed by atoms with Crippen LogP contribution in [-0.2, 0) is 16.1 Å². The zero-order chi connectivity index (χ0) is 23.4. The number of rotatable bonds is 8. The van der Waals surface area contributed by atoms with Crippen molar-refractivity contribution in [3.8, 4) is 11.5 Å². The molecule has 0 bridgehead atoms. The van der Waals surface area contributed by atoms with Gasteiger partial charge in [0.25, 0.3) is 11.8 Å². The standard InChI is InChI=1S/C26H23FN2O4/c1-3-33-22-15-9-7-13-20(22)28-24-23(18-11-5-8-14-21(18)32-2)25(30)29(26(24)31)16-17-10-4-6-12-19(17)27/h4-15,28H,3,16H2,1-2H3. The Morgan fingerprint density at radius 1 is 0.879 bits per heavy atom. The number of imide groups is 1. The summed E-state index contributed by atoms with van der Waals surface area (Å²) in [5.74, 6) is -0.599. The van der Waals surface area contributed by atoms with Crippen LogP contribution in [-0.4, -0.2) is 30.4 Å². The number of amides is 2. The number of nitrogens with one attached hydrogen (secondary N) is 1.